The summed E-state index contributed by atoms with van der Waals surface area (Å²) in [6, 6.07) is 11.6. The third-order valence-corrected chi connectivity index (χ3v) is 5.89. The first kappa shape index (κ1) is 20.2. The van der Waals surface area contributed by atoms with Gasteiger partial charge in [-0.05, 0) is 46.3 Å². The Labute approximate surface area is 161 Å². The van der Waals surface area contributed by atoms with Crippen LogP contribution in [0.1, 0.15) is 0 Å². The summed E-state index contributed by atoms with van der Waals surface area (Å²) in [6.07, 6.45) is 0. The van der Waals surface area contributed by atoms with Gasteiger partial charge in [0.2, 0.25) is 10.0 Å². The molecule has 2 aromatic rings. The fraction of sp³-hybridized carbons (Fsp3) is 0.235. The van der Waals surface area contributed by atoms with Crippen LogP contribution in [0.5, 0.6) is 11.5 Å². The van der Waals surface area contributed by atoms with Gasteiger partial charge in [-0.25, -0.2) is 12.7 Å². The van der Waals surface area contributed by atoms with Crippen LogP contribution in [-0.4, -0.2) is 46.4 Å². The topological polar surface area (TPSA) is 84.9 Å². The molecule has 0 spiro atoms. The number of para-hydroxylation sites is 1. The highest BCUT2D eigenvalue weighted by Crippen LogP contribution is 2.29. The van der Waals surface area contributed by atoms with Gasteiger partial charge in [0.05, 0.1) is 11.6 Å². The minimum absolute atomic E-state index is 0.0328. The van der Waals surface area contributed by atoms with Gasteiger partial charge in [0.15, 0.2) is 6.61 Å². The van der Waals surface area contributed by atoms with Crippen LogP contribution in [0, 0.1) is 0 Å². The molecular formula is C17H19BrN2O5S. The number of amides is 1. The van der Waals surface area contributed by atoms with Crippen molar-refractivity contribution in [3.8, 4) is 11.5 Å². The van der Waals surface area contributed by atoms with E-state index in [4.69, 9.17) is 9.47 Å². The number of hydrogen-bond acceptors (Lipinski definition) is 5. The van der Waals surface area contributed by atoms with Crippen LogP contribution >= 0.6 is 15.9 Å². The maximum Gasteiger partial charge on any atom is 0.262 e. The molecular weight excluding hydrogens is 424 g/mol. The van der Waals surface area contributed by atoms with E-state index in [9.17, 15) is 13.2 Å². The van der Waals surface area contributed by atoms with E-state index in [1.165, 1.54) is 33.3 Å². The Balaban J connectivity index is 2.14. The number of sulfonamides is 1. The summed E-state index contributed by atoms with van der Waals surface area (Å²) in [6.45, 7) is -0.218. The van der Waals surface area contributed by atoms with Gasteiger partial charge in [0.25, 0.3) is 5.91 Å². The zero-order valence-electron chi connectivity index (χ0n) is 14.5. The third-order valence-electron chi connectivity index (χ3n) is 3.40. The molecule has 0 aromatic heterocycles. The monoisotopic (exact) mass is 442 g/mol. The summed E-state index contributed by atoms with van der Waals surface area (Å²) in [4.78, 5) is 12.1. The van der Waals surface area contributed by atoms with Crippen LogP contribution in [0.4, 0.5) is 5.69 Å². The molecule has 0 heterocycles. The van der Waals surface area contributed by atoms with Crippen LogP contribution < -0.4 is 14.8 Å². The molecule has 9 heteroatoms. The van der Waals surface area contributed by atoms with Crippen molar-refractivity contribution in [2.75, 3.05) is 33.1 Å². The Morgan fingerprint density at radius 3 is 2.46 bits per heavy atom. The number of carbonyl (C=O) groups is 1. The molecule has 2 rings (SSSR count). The third kappa shape index (κ3) is 4.75. The maximum absolute atomic E-state index is 12.4. The number of benzene rings is 2. The standard InChI is InChI=1S/C17H19BrN2O5S/c1-20(2)26(22,23)16-10-12(8-9-15(16)24-3)19-17(21)11-25-14-7-5-4-6-13(14)18/h4-10H,11H2,1-3H3,(H,19,21). The molecule has 0 saturated carbocycles. The van der Waals surface area contributed by atoms with E-state index in [1.807, 2.05) is 6.07 Å². The number of nitrogens with zero attached hydrogens (tertiary/aromatic N) is 1. The lowest BCUT2D eigenvalue weighted by Crippen LogP contribution is -2.24. The van der Waals surface area contributed by atoms with Gasteiger partial charge in [0.1, 0.15) is 16.4 Å². The van der Waals surface area contributed by atoms with Crippen LogP contribution in [0.15, 0.2) is 51.8 Å². The quantitative estimate of drug-likeness (QED) is 0.712. The van der Waals surface area contributed by atoms with E-state index in [2.05, 4.69) is 21.2 Å². The predicted molar refractivity (Wildman–Crippen MR) is 102 cm³/mol. The number of nitrogens with one attached hydrogen (secondary N) is 1. The van der Waals surface area contributed by atoms with Gasteiger partial charge in [-0.3, -0.25) is 4.79 Å². The fourth-order valence-corrected chi connectivity index (χ4v) is 3.53. The smallest absolute Gasteiger partial charge is 0.262 e. The SMILES string of the molecule is COc1ccc(NC(=O)COc2ccccc2Br)cc1S(=O)(=O)N(C)C. The minimum Gasteiger partial charge on any atom is -0.495 e. The second kappa shape index (κ2) is 8.52. The molecule has 1 amide bonds. The van der Waals surface area contributed by atoms with Crippen molar-refractivity contribution >= 4 is 37.5 Å². The molecule has 0 saturated heterocycles. The Morgan fingerprint density at radius 1 is 1.15 bits per heavy atom. The number of ether oxygens (including phenoxy) is 2. The Kier molecular flexibility index (Phi) is 6.63. The molecule has 0 radical (unpaired) electrons. The minimum atomic E-state index is -3.72. The first-order valence-corrected chi connectivity index (χ1v) is 9.76. The lowest BCUT2D eigenvalue weighted by molar-refractivity contribution is -0.118. The van der Waals surface area contributed by atoms with Crippen molar-refractivity contribution in [3.63, 3.8) is 0 Å². The van der Waals surface area contributed by atoms with Crippen molar-refractivity contribution < 1.29 is 22.7 Å². The van der Waals surface area contributed by atoms with Crippen LogP contribution in [0.25, 0.3) is 0 Å². The van der Waals surface area contributed by atoms with Crippen LogP contribution in [0.3, 0.4) is 0 Å². The average Bonchev–Trinajstić information content (AvgIpc) is 2.60. The lowest BCUT2D eigenvalue weighted by Gasteiger charge is -2.16. The number of rotatable bonds is 7. The van der Waals surface area contributed by atoms with E-state index >= 15 is 0 Å². The number of carbonyl (C=O) groups excluding carboxylic acids is 1. The number of hydrogen-bond donors (Lipinski definition) is 1. The first-order valence-electron chi connectivity index (χ1n) is 7.53. The number of methoxy groups -OCH3 is 1. The summed E-state index contributed by atoms with van der Waals surface area (Å²) in [5.41, 5.74) is 0.326. The highest BCUT2D eigenvalue weighted by Gasteiger charge is 2.23. The summed E-state index contributed by atoms with van der Waals surface area (Å²) >= 11 is 3.33. The first-order chi connectivity index (χ1) is 12.3. The van der Waals surface area contributed by atoms with Gasteiger partial charge in [-0.2, -0.15) is 0 Å². The second-order valence-electron chi connectivity index (χ2n) is 5.42. The molecule has 7 nitrogen and oxygen atoms in total. The molecule has 0 aliphatic heterocycles. The van der Waals surface area contributed by atoms with Gasteiger partial charge >= 0.3 is 0 Å². The molecule has 26 heavy (non-hydrogen) atoms. The predicted octanol–water partition coefficient (Wildman–Crippen LogP) is 2.73. The Hall–Kier alpha value is -2.10. The summed E-state index contributed by atoms with van der Waals surface area (Å²) in [7, 11) is 0.508. The average molecular weight is 443 g/mol. The van der Waals surface area contributed by atoms with Crippen molar-refractivity contribution in [2.24, 2.45) is 0 Å². The normalized spacial score (nSPS) is 11.3. The van der Waals surface area contributed by atoms with Crippen molar-refractivity contribution in [1.29, 1.82) is 0 Å². The number of anilines is 1. The summed E-state index contributed by atoms with van der Waals surface area (Å²) in [5, 5.41) is 2.62. The van der Waals surface area contributed by atoms with Crippen molar-refractivity contribution in [3.05, 3.63) is 46.9 Å². The van der Waals surface area contributed by atoms with Crippen molar-refractivity contribution in [2.45, 2.75) is 4.90 Å². The highest BCUT2D eigenvalue weighted by molar-refractivity contribution is 9.10. The number of halogens is 1. The zero-order chi connectivity index (χ0) is 19.3. The molecule has 0 aliphatic rings. The zero-order valence-corrected chi connectivity index (χ0v) is 16.9. The van der Waals surface area contributed by atoms with E-state index < -0.39 is 15.9 Å². The Morgan fingerprint density at radius 2 is 1.85 bits per heavy atom. The van der Waals surface area contributed by atoms with Gasteiger partial charge in [-0.1, -0.05) is 12.1 Å². The molecule has 140 valence electrons. The largest absolute Gasteiger partial charge is 0.495 e. The van der Waals surface area contributed by atoms with E-state index in [0.717, 1.165) is 8.78 Å². The van der Waals surface area contributed by atoms with E-state index in [1.54, 1.807) is 24.3 Å². The summed E-state index contributed by atoms with van der Waals surface area (Å²) in [5.74, 6) is 0.313. The van der Waals surface area contributed by atoms with E-state index in [0.29, 0.717) is 11.4 Å². The lowest BCUT2D eigenvalue weighted by atomic mass is 10.3. The Bertz CT molecular complexity index is 900. The van der Waals surface area contributed by atoms with Gasteiger partial charge < -0.3 is 14.8 Å². The molecule has 0 bridgehead atoms. The molecule has 0 unspecified atom stereocenters. The molecule has 1 N–H and O–H groups in total. The molecule has 0 atom stereocenters. The summed E-state index contributed by atoms with van der Waals surface area (Å²) < 4.78 is 37.2. The fourth-order valence-electron chi connectivity index (χ4n) is 2.05. The second-order valence-corrected chi connectivity index (χ2v) is 8.39. The van der Waals surface area contributed by atoms with Gasteiger partial charge in [0, 0.05) is 19.8 Å². The highest BCUT2D eigenvalue weighted by atomic mass is 79.9. The van der Waals surface area contributed by atoms with Crippen LogP contribution in [-0.2, 0) is 14.8 Å². The van der Waals surface area contributed by atoms with Gasteiger partial charge in [-0.15, -0.1) is 0 Å². The van der Waals surface area contributed by atoms with Crippen molar-refractivity contribution in [1.82, 2.24) is 4.31 Å². The molecule has 2 aromatic carbocycles. The maximum atomic E-state index is 12.4. The van der Waals surface area contributed by atoms with E-state index in [-0.39, 0.29) is 17.3 Å². The van der Waals surface area contributed by atoms with Crippen LogP contribution in [0.2, 0.25) is 0 Å². The molecule has 0 fully saturated rings. The molecule has 0 aliphatic carbocycles.